The predicted molar refractivity (Wildman–Crippen MR) is 70.7 cm³/mol. The Morgan fingerprint density at radius 1 is 1.19 bits per heavy atom. The molecule has 0 radical (unpaired) electrons. The molecule has 0 amide bonds. The van der Waals surface area contributed by atoms with Crippen LogP contribution in [0, 0.1) is 5.82 Å². The van der Waals surface area contributed by atoms with E-state index in [0.717, 1.165) is 13.1 Å². The van der Waals surface area contributed by atoms with Gasteiger partial charge in [-0.25, -0.2) is 4.39 Å². The minimum absolute atomic E-state index is 0.167. The van der Waals surface area contributed by atoms with E-state index >= 15 is 0 Å². The van der Waals surface area contributed by atoms with Gasteiger partial charge >= 0.3 is 0 Å². The summed E-state index contributed by atoms with van der Waals surface area (Å²) in [6.07, 6.45) is 2.12. The summed E-state index contributed by atoms with van der Waals surface area (Å²) in [4.78, 5) is 0. The van der Waals surface area contributed by atoms with Crippen molar-refractivity contribution in [3.05, 3.63) is 35.6 Å². The van der Waals surface area contributed by atoms with E-state index in [0.29, 0.717) is 11.2 Å². The first-order valence-corrected chi connectivity index (χ1v) is 6.91. The highest BCUT2D eigenvalue weighted by Crippen LogP contribution is 2.14. The number of halogens is 1. The third-order valence-corrected chi connectivity index (χ3v) is 3.70. The van der Waals surface area contributed by atoms with Crippen molar-refractivity contribution in [2.45, 2.75) is 25.0 Å². The van der Waals surface area contributed by atoms with Crippen LogP contribution in [-0.4, -0.2) is 24.6 Å². The van der Waals surface area contributed by atoms with Gasteiger partial charge < -0.3 is 5.32 Å². The summed E-state index contributed by atoms with van der Waals surface area (Å²) in [5.41, 5.74) is 1.19. The summed E-state index contributed by atoms with van der Waals surface area (Å²) in [5, 5.41) is 4.07. The molecule has 0 aliphatic carbocycles. The largest absolute Gasteiger partial charge is 0.315 e. The Kier molecular flexibility index (Phi) is 5.85. The van der Waals surface area contributed by atoms with E-state index in [2.05, 4.69) is 25.4 Å². The Morgan fingerprint density at radius 2 is 1.81 bits per heavy atom. The quantitative estimate of drug-likeness (QED) is 0.820. The van der Waals surface area contributed by atoms with E-state index in [1.807, 2.05) is 23.9 Å². The van der Waals surface area contributed by atoms with Gasteiger partial charge in [-0.15, -0.1) is 0 Å². The molecule has 0 fully saturated rings. The maximum atomic E-state index is 12.7. The first-order valence-electron chi connectivity index (χ1n) is 5.62. The van der Waals surface area contributed by atoms with E-state index in [-0.39, 0.29) is 5.82 Å². The number of rotatable bonds is 6. The highest BCUT2D eigenvalue weighted by atomic mass is 32.2. The second-order valence-corrected chi connectivity index (χ2v) is 5.43. The van der Waals surface area contributed by atoms with Crippen LogP contribution >= 0.6 is 11.8 Å². The SMILES string of the molecule is CSC(C)CNCC(C)c1ccc(F)cc1. The van der Waals surface area contributed by atoms with Crippen molar-refractivity contribution in [2.75, 3.05) is 19.3 Å². The Bertz CT molecular complexity index is 299. The summed E-state index contributed by atoms with van der Waals surface area (Å²) < 4.78 is 12.7. The summed E-state index contributed by atoms with van der Waals surface area (Å²) in [6.45, 7) is 6.33. The molecule has 16 heavy (non-hydrogen) atoms. The van der Waals surface area contributed by atoms with Crippen LogP contribution in [-0.2, 0) is 0 Å². The molecule has 0 aliphatic rings. The monoisotopic (exact) mass is 241 g/mol. The highest BCUT2D eigenvalue weighted by molar-refractivity contribution is 7.99. The van der Waals surface area contributed by atoms with E-state index in [9.17, 15) is 4.39 Å². The highest BCUT2D eigenvalue weighted by Gasteiger charge is 2.06. The average molecular weight is 241 g/mol. The normalized spacial score (nSPS) is 14.8. The van der Waals surface area contributed by atoms with E-state index in [1.54, 1.807) is 0 Å². The Morgan fingerprint density at radius 3 is 2.38 bits per heavy atom. The maximum Gasteiger partial charge on any atom is 0.123 e. The molecular formula is C13H20FNS. The van der Waals surface area contributed by atoms with Gasteiger partial charge in [0.1, 0.15) is 5.82 Å². The van der Waals surface area contributed by atoms with Crippen molar-refractivity contribution in [2.24, 2.45) is 0 Å². The molecule has 1 rings (SSSR count). The molecule has 0 saturated carbocycles. The van der Waals surface area contributed by atoms with Crippen LogP contribution in [0.4, 0.5) is 4.39 Å². The molecule has 2 atom stereocenters. The first-order chi connectivity index (χ1) is 7.63. The van der Waals surface area contributed by atoms with Gasteiger partial charge in [-0.3, -0.25) is 0 Å². The second kappa shape index (κ2) is 6.92. The van der Waals surface area contributed by atoms with Crippen molar-refractivity contribution in [3.8, 4) is 0 Å². The Hall–Kier alpha value is -0.540. The van der Waals surface area contributed by atoms with Crippen LogP contribution in [0.5, 0.6) is 0 Å². The van der Waals surface area contributed by atoms with Crippen LogP contribution in [0.1, 0.15) is 25.3 Å². The minimum atomic E-state index is -0.167. The van der Waals surface area contributed by atoms with Gasteiger partial charge in [0.05, 0.1) is 0 Å². The molecule has 0 heterocycles. The summed E-state index contributed by atoms with van der Waals surface area (Å²) in [5.74, 6) is 0.259. The molecule has 0 saturated heterocycles. The molecule has 1 N–H and O–H groups in total. The zero-order chi connectivity index (χ0) is 12.0. The van der Waals surface area contributed by atoms with Crippen molar-refractivity contribution in [1.29, 1.82) is 0 Å². The smallest absolute Gasteiger partial charge is 0.123 e. The fourth-order valence-electron chi connectivity index (χ4n) is 1.50. The van der Waals surface area contributed by atoms with Gasteiger partial charge in [0.25, 0.3) is 0 Å². The first kappa shape index (κ1) is 13.5. The van der Waals surface area contributed by atoms with Gasteiger partial charge in [-0.1, -0.05) is 26.0 Å². The molecule has 0 bridgehead atoms. The average Bonchev–Trinajstić information content (AvgIpc) is 2.29. The zero-order valence-electron chi connectivity index (χ0n) is 10.2. The van der Waals surface area contributed by atoms with E-state index < -0.39 is 0 Å². The molecule has 1 aromatic rings. The number of benzene rings is 1. The lowest BCUT2D eigenvalue weighted by atomic mass is 10.0. The molecule has 3 heteroatoms. The fourth-order valence-corrected chi connectivity index (χ4v) is 1.78. The van der Waals surface area contributed by atoms with Crippen molar-refractivity contribution in [3.63, 3.8) is 0 Å². The van der Waals surface area contributed by atoms with Gasteiger partial charge in [0, 0.05) is 18.3 Å². The van der Waals surface area contributed by atoms with Gasteiger partial charge in [0.2, 0.25) is 0 Å². The topological polar surface area (TPSA) is 12.0 Å². The third-order valence-electron chi connectivity index (χ3n) is 2.72. The second-order valence-electron chi connectivity index (χ2n) is 4.16. The molecule has 1 aromatic carbocycles. The molecule has 0 aromatic heterocycles. The van der Waals surface area contributed by atoms with E-state index in [4.69, 9.17) is 0 Å². The van der Waals surface area contributed by atoms with Crippen molar-refractivity contribution < 1.29 is 4.39 Å². The van der Waals surface area contributed by atoms with Crippen LogP contribution < -0.4 is 5.32 Å². The lowest BCUT2D eigenvalue weighted by molar-refractivity contribution is 0.607. The summed E-state index contributed by atoms with van der Waals surface area (Å²) in [7, 11) is 0. The van der Waals surface area contributed by atoms with Crippen molar-refractivity contribution in [1.82, 2.24) is 5.32 Å². The number of hydrogen-bond donors (Lipinski definition) is 1. The van der Waals surface area contributed by atoms with Crippen LogP contribution in [0.25, 0.3) is 0 Å². The molecule has 90 valence electrons. The Balaban J connectivity index is 2.35. The molecule has 0 aliphatic heterocycles. The number of thioether (sulfide) groups is 1. The molecular weight excluding hydrogens is 221 g/mol. The summed E-state index contributed by atoms with van der Waals surface area (Å²) >= 11 is 1.86. The predicted octanol–water partition coefficient (Wildman–Crippen LogP) is 3.27. The van der Waals surface area contributed by atoms with Crippen LogP contribution in [0.15, 0.2) is 24.3 Å². The van der Waals surface area contributed by atoms with E-state index in [1.165, 1.54) is 17.7 Å². The Labute approximate surface area is 102 Å². The van der Waals surface area contributed by atoms with Crippen LogP contribution in [0.2, 0.25) is 0 Å². The standard InChI is InChI=1S/C13H20FNS/c1-10(8-15-9-11(2)16-3)12-4-6-13(14)7-5-12/h4-7,10-11,15H,8-9H2,1-3H3. The molecule has 0 spiro atoms. The van der Waals surface area contributed by atoms with Crippen molar-refractivity contribution >= 4 is 11.8 Å². The number of hydrogen-bond acceptors (Lipinski definition) is 2. The minimum Gasteiger partial charge on any atom is -0.315 e. The molecule has 2 unspecified atom stereocenters. The zero-order valence-corrected chi connectivity index (χ0v) is 11.0. The number of nitrogens with one attached hydrogen (secondary N) is 1. The summed E-state index contributed by atoms with van der Waals surface area (Å²) in [6, 6.07) is 6.77. The lowest BCUT2D eigenvalue weighted by Gasteiger charge is -2.15. The lowest BCUT2D eigenvalue weighted by Crippen LogP contribution is -2.26. The third kappa shape index (κ3) is 4.54. The molecule has 1 nitrogen and oxygen atoms in total. The van der Waals surface area contributed by atoms with Gasteiger partial charge in [0.15, 0.2) is 0 Å². The maximum absolute atomic E-state index is 12.7. The fraction of sp³-hybridized carbons (Fsp3) is 0.538. The van der Waals surface area contributed by atoms with Gasteiger partial charge in [-0.05, 0) is 29.9 Å². The van der Waals surface area contributed by atoms with Crippen LogP contribution in [0.3, 0.4) is 0 Å². The van der Waals surface area contributed by atoms with Gasteiger partial charge in [-0.2, -0.15) is 11.8 Å².